The van der Waals surface area contributed by atoms with Gasteiger partial charge in [-0.05, 0) is 12.5 Å². The average Bonchev–Trinajstić information content (AvgIpc) is 2.15. The van der Waals surface area contributed by atoms with Crippen molar-refractivity contribution < 1.29 is 4.79 Å². The summed E-state index contributed by atoms with van der Waals surface area (Å²) in [6.45, 7) is 4.62. The van der Waals surface area contributed by atoms with Crippen LogP contribution in [0.3, 0.4) is 0 Å². The number of carbonyl (C=O) groups excluding carboxylic acids is 1. The van der Waals surface area contributed by atoms with E-state index >= 15 is 0 Å². The summed E-state index contributed by atoms with van der Waals surface area (Å²) in [5.41, 5.74) is 2.46. The molecule has 0 saturated carbocycles. The van der Waals surface area contributed by atoms with Crippen molar-refractivity contribution in [3.8, 4) is 0 Å². The van der Waals surface area contributed by atoms with Crippen LogP contribution in [0.5, 0.6) is 0 Å². The van der Waals surface area contributed by atoms with Crippen molar-refractivity contribution >= 4 is 6.08 Å². The van der Waals surface area contributed by atoms with Gasteiger partial charge in [-0.2, -0.15) is 0 Å². The minimum atomic E-state index is 0.294. The highest BCUT2D eigenvalue weighted by Crippen LogP contribution is 2.15. The van der Waals surface area contributed by atoms with Crippen molar-refractivity contribution in [2.45, 2.75) is 19.8 Å². The quantitative estimate of drug-likeness (QED) is 0.512. The van der Waals surface area contributed by atoms with Crippen LogP contribution < -0.4 is 0 Å². The second kappa shape index (κ2) is 4.58. The molecule has 0 aliphatic carbocycles. The molecular formula is C11H13NO. The fourth-order valence-electron chi connectivity index (χ4n) is 1.17. The lowest BCUT2D eigenvalue weighted by Gasteiger charge is -2.07. The highest BCUT2D eigenvalue weighted by molar-refractivity contribution is 5.33. The van der Waals surface area contributed by atoms with Gasteiger partial charge in [0.1, 0.15) is 0 Å². The molecule has 1 unspecified atom stereocenters. The summed E-state index contributed by atoms with van der Waals surface area (Å²) in [5.74, 6) is 0.294. The second-order valence-electron chi connectivity index (χ2n) is 3.24. The summed E-state index contributed by atoms with van der Waals surface area (Å²) in [4.78, 5) is 13.5. The SMILES string of the molecule is Cc1ccc(C(C)CN=C=O)cc1. The van der Waals surface area contributed by atoms with Crippen molar-refractivity contribution in [3.63, 3.8) is 0 Å². The molecule has 0 aliphatic heterocycles. The van der Waals surface area contributed by atoms with Gasteiger partial charge in [0.2, 0.25) is 6.08 Å². The van der Waals surface area contributed by atoms with Crippen molar-refractivity contribution in [2.24, 2.45) is 4.99 Å². The Morgan fingerprint density at radius 1 is 1.38 bits per heavy atom. The zero-order valence-electron chi connectivity index (χ0n) is 7.95. The molecule has 0 heterocycles. The maximum Gasteiger partial charge on any atom is 0.234 e. The molecule has 0 aromatic heterocycles. The molecule has 0 amide bonds. The molecule has 0 fully saturated rings. The van der Waals surface area contributed by atoms with Gasteiger partial charge >= 0.3 is 0 Å². The minimum Gasteiger partial charge on any atom is -0.211 e. The lowest BCUT2D eigenvalue weighted by Crippen LogP contribution is -1.97. The van der Waals surface area contributed by atoms with Crippen LogP contribution in [0.25, 0.3) is 0 Å². The van der Waals surface area contributed by atoms with E-state index in [-0.39, 0.29) is 0 Å². The van der Waals surface area contributed by atoms with E-state index in [0.717, 1.165) is 0 Å². The number of aryl methyl sites for hydroxylation is 1. The van der Waals surface area contributed by atoms with E-state index in [9.17, 15) is 4.79 Å². The fourth-order valence-corrected chi connectivity index (χ4v) is 1.17. The summed E-state index contributed by atoms with van der Waals surface area (Å²) in [6, 6.07) is 8.27. The highest BCUT2D eigenvalue weighted by Gasteiger charge is 2.02. The molecule has 1 atom stereocenters. The van der Waals surface area contributed by atoms with Crippen molar-refractivity contribution in [1.29, 1.82) is 0 Å². The van der Waals surface area contributed by atoms with E-state index in [0.29, 0.717) is 12.5 Å². The number of hydrogen-bond acceptors (Lipinski definition) is 2. The van der Waals surface area contributed by atoms with Gasteiger partial charge in [-0.3, -0.25) is 0 Å². The third kappa shape index (κ3) is 2.85. The van der Waals surface area contributed by atoms with Crippen LogP contribution >= 0.6 is 0 Å². The van der Waals surface area contributed by atoms with Crippen LogP contribution in [-0.4, -0.2) is 12.6 Å². The molecule has 0 aliphatic rings. The van der Waals surface area contributed by atoms with Gasteiger partial charge in [-0.1, -0.05) is 36.8 Å². The number of benzene rings is 1. The van der Waals surface area contributed by atoms with Gasteiger partial charge in [0.15, 0.2) is 0 Å². The lowest BCUT2D eigenvalue weighted by molar-refractivity contribution is 0.561. The summed E-state index contributed by atoms with van der Waals surface area (Å²) < 4.78 is 0. The predicted molar refractivity (Wildman–Crippen MR) is 52.6 cm³/mol. The van der Waals surface area contributed by atoms with E-state index in [1.54, 1.807) is 6.08 Å². The Labute approximate surface area is 78.3 Å². The van der Waals surface area contributed by atoms with Gasteiger partial charge in [-0.15, -0.1) is 0 Å². The van der Waals surface area contributed by atoms with Crippen LogP contribution in [0, 0.1) is 6.92 Å². The van der Waals surface area contributed by atoms with Crippen LogP contribution in [0.2, 0.25) is 0 Å². The van der Waals surface area contributed by atoms with E-state index in [2.05, 4.69) is 36.2 Å². The van der Waals surface area contributed by atoms with Gasteiger partial charge in [0, 0.05) is 5.92 Å². The third-order valence-electron chi connectivity index (χ3n) is 2.08. The molecule has 0 N–H and O–H groups in total. The summed E-state index contributed by atoms with van der Waals surface area (Å²) >= 11 is 0. The maximum absolute atomic E-state index is 9.90. The van der Waals surface area contributed by atoms with Crippen LogP contribution in [0.15, 0.2) is 29.3 Å². The van der Waals surface area contributed by atoms with E-state index < -0.39 is 0 Å². The normalized spacial score (nSPS) is 11.8. The smallest absolute Gasteiger partial charge is 0.211 e. The first kappa shape index (κ1) is 9.69. The Bertz CT molecular complexity index is 309. The maximum atomic E-state index is 9.90. The van der Waals surface area contributed by atoms with E-state index in [1.807, 2.05) is 6.92 Å². The van der Waals surface area contributed by atoms with Crippen molar-refractivity contribution in [2.75, 3.05) is 6.54 Å². The topological polar surface area (TPSA) is 29.4 Å². The Morgan fingerprint density at radius 3 is 2.54 bits per heavy atom. The first-order valence-electron chi connectivity index (χ1n) is 4.34. The average molecular weight is 175 g/mol. The first-order valence-corrected chi connectivity index (χ1v) is 4.34. The van der Waals surface area contributed by atoms with Crippen molar-refractivity contribution in [3.05, 3.63) is 35.4 Å². The Kier molecular flexibility index (Phi) is 3.41. The molecule has 0 bridgehead atoms. The zero-order chi connectivity index (χ0) is 9.68. The molecule has 1 rings (SSSR count). The predicted octanol–water partition coefficient (Wildman–Crippen LogP) is 2.43. The number of nitrogens with zero attached hydrogens (tertiary/aromatic N) is 1. The molecule has 2 nitrogen and oxygen atoms in total. The Hall–Kier alpha value is -1.40. The van der Waals surface area contributed by atoms with Gasteiger partial charge in [0.05, 0.1) is 6.54 Å². The highest BCUT2D eigenvalue weighted by atomic mass is 16.1. The van der Waals surface area contributed by atoms with Crippen LogP contribution in [-0.2, 0) is 4.79 Å². The molecule has 1 aromatic rings. The number of isocyanates is 1. The molecule has 0 saturated heterocycles. The molecule has 68 valence electrons. The molecule has 1 aromatic carbocycles. The van der Waals surface area contributed by atoms with E-state index in [1.165, 1.54) is 11.1 Å². The molecular weight excluding hydrogens is 162 g/mol. The Morgan fingerprint density at radius 2 is 2.00 bits per heavy atom. The Balaban J connectivity index is 2.71. The van der Waals surface area contributed by atoms with Crippen LogP contribution in [0.1, 0.15) is 24.0 Å². The molecule has 13 heavy (non-hydrogen) atoms. The first-order chi connectivity index (χ1) is 6.24. The fraction of sp³-hybridized carbons (Fsp3) is 0.364. The van der Waals surface area contributed by atoms with Crippen molar-refractivity contribution in [1.82, 2.24) is 0 Å². The number of hydrogen-bond donors (Lipinski definition) is 0. The van der Waals surface area contributed by atoms with Crippen LogP contribution in [0.4, 0.5) is 0 Å². The molecule has 2 heteroatoms. The lowest BCUT2D eigenvalue weighted by atomic mass is 10.0. The van der Waals surface area contributed by atoms with Gasteiger partial charge < -0.3 is 0 Å². The zero-order valence-corrected chi connectivity index (χ0v) is 7.95. The third-order valence-corrected chi connectivity index (χ3v) is 2.08. The van der Waals surface area contributed by atoms with Gasteiger partial charge in [-0.25, -0.2) is 9.79 Å². The summed E-state index contributed by atoms with van der Waals surface area (Å²) in [7, 11) is 0. The summed E-state index contributed by atoms with van der Waals surface area (Å²) in [5, 5.41) is 0. The summed E-state index contributed by atoms with van der Waals surface area (Å²) in [6.07, 6.45) is 1.55. The van der Waals surface area contributed by atoms with E-state index in [4.69, 9.17) is 0 Å². The second-order valence-corrected chi connectivity index (χ2v) is 3.24. The molecule has 0 spiro atoms. The minimum absolute atomic E-state index is 0.294. The largest absolute Gasteiger partial charge is 0.234 e. The monoisotopic (exact) mass is 175 g/mol. The number of aliphatic imine (C=N–C) groups is 1. The number of rotatable bonds is 3. The standard InChI is InChI=1S/C11H13NO/c1-9-3-5-11(6-4-9)10(2)7-12-8-13/h3-6,10H,7H2,1-2H3. The molecule has 0 radical (unpaired) electrons. The van der Waals surface area contributed by atoms with Gasteiger partial charge in [0.25, 0.3) is 0 Å².